The van der Waals surface area contributed by atoms with Crippen molar-refractivity contribution in [2.75, 3.05) is 20.2 Å². The van der Waals surface area contributed by atoms with Crippen LogP contribution in [0.4, 0.5) is 0 Å². The largest absolute Gasteiger partial charge is 0.466 e. The molecule has 6 heteroatoms. The SMILES string of the molecule is C#CCN(C/C=C/C(=O)OC)S(=O)(=O)c1ccc(C)cc1. The van der Waals surface area contributed by atoms with Gasteiger partial charge in [-0.3, -0.25) is 0 Å². The minimum Gasteiger partial charge on any atom is -0.466 e. The maximum Gasteiger partial charge on any atom is 0.330 e. The van der Waals surface area contributed by atoms with Crippen LogP contribution < -0.4 is 0 Å². The fourth-order valence-electron chi connectivity index (χ4n) is 1.54. The zero-order chi connectivity index (χ0) is 15.9. The Morgan fingerprint density at radius 2 is 2.00 bits per heavy atom. The number of hydrogen-bond acceptors (Lipinski definition) is 4. The van der Waals surface area contributed by atoms with Gasteiger partial charge in [0, 0.05) is 12.6 Å². The predicted molar refractivity (Wildman–Crippen MR) is 79.9 cm³/mol. The summed E-state index contributed by atoms with van der Waals surface area (Å²) in [5.74, 6) is 1.75. The summed E-state index contributed by atoms with van der Waals surface area (Å²) < 4.78 is 30.5. The molecule has 1 aromatic rings. The molecule has 0 atom stereocenters. The number of rotatable bonds is 6. The highest BCUT2D eigenvalue weighted by Gasteiger charge is 2.22. The Morgan fingerprint density at radius 3 is 2.52 bits per heavy atom. The van der Waals surface area contributed by atoms with Crippen LogP contribution in [-0.2, 0) is 19.6 Å². The zero-order valence-electron chi connectivity index (χ0n) is 11.9. The highest BCUT2D eigenvalue weighted by molar-refractivity contribution is 7.89. The smallest absolute Gasteiger partial charge is 0.330 e. The van der Waals surface area contributed by atoms with Gasteiger partial charge in [-0.25, -0.2) is 13.2 Å². The molecule has 1 rings (SSSR count). The molecule has 0 aliphatic carbocycles. The standard InChI is InChI=1S/C15H17NO4S/c1-4-11-16(12-5-6-15(17)20-3)21(18,19)14-9-7-13(2)8-10-14/h1,5-10H,11-12H2,2-3H3/b6-5+. The lowest BCUT2D eigenvalue weighted by Gasteiger charge is -2.18. The van der Waals surface area contributed by atoms with Crippen LogP contribution in [0, 0.1) is 19.3 Å². The molecule has 0 bridgehead atoms. The van der Waals surface area contributed by atoms with E-state index in [1.54, 1.807) is 12.1 Å². The molecule has 112 valence electrons. The molecule has 0 aliphatic heterocycles. The monoisotopic (exact) mass is 307 g/mol. The van der Waals surface area contributed by atoms with Crippen LogP contribution in [0.2, 0.25) is 0 Å². The number of sulfonamides is 1. The second kappa shape index (κ2) is 7.62. The van der Waals surface area contributed by atoms with Gasteiger partial charge in [-0.1, -0.05) is 29.7 Å². The lowest BCUT2D eigenvalue weighted by Crippen LogP contribution is -2.31. The third-order valence-corrected chi connectivity index (χ3v) is 4.52. The summed E-state index contributed by atoms with van der Waals surface area (Å²) >= 11 is 0. The summed E-state index contributed by atoms with van der Waals surface area (Å²) in [6.07, 6.45) is 7.77. The number of aryl methyl sites for hydroxylation is 1. The third kappa shape index (κ3) is 4.74. The molecule has 21 heavy (non-hydrogen) atoms. The normalized spacial score (nSPS) is 11.5. The van der Waals surface area contributed by atoms with E-state index in [0.717, 1.165) is 15.9 Å². The van der Waals surface area contributed by atoms with E-state index in [0.29, 0.717) is 0 Å². The summed E-state index contributed by atoms with van der Waals surface area (Å²) in [6.45, 7) is 1.78. The molecule has 0 saturated carbocycles. The van der Waals surface area contributed by atoms with E-state index in [1.165, 1.54) is 25.3 Å². The van der Waals surface area contributed by atoms with Crippen molar-refractivity contribution >= 4 is 16.0 Å². The number of esters is 1. The van der Waals surface area contributed by atoms with Gasteiger partial charge in [0.05, 0.1) is 18.6 Å². The number of carbonyl (C=O) groups is 1. The van der Waals surface area contributed by atoms with E-state index in [9.17, 15) is 13.2 Å². The second-order valence-corrected chi connectivity index (χ2v) is 6.18. The fraction of sp³-hybridized carbons (Fsp3) is 0.267. The Hall–Kier alpha value is -2.10. The Morgan fingerprint density at radius 1 is 1.38 bits per heavy atom. The molecule has 0 radical (unpaired) electrons. The maximum atomic E-state index is 12.5. The molecule has 0 heterocycles. The minimum atomic E-state index is -3.70. The van der Waals surface area contributed by atoms with E-state index in [-0.39, 0.29) is 18.0 Å². The van der Waals surface area contributed by atoms with Gasteiger partial charge < -0.3 is 4.74 Å². The fourth-order valence-corrected chi connectivity index (χ4v) is 2.85. The Labute approximate surface area is 125 Å². The van der Waals surface area contributed by atoms with Crippen molar-refractivity contribution in [3.05, 3.63) is 42.0 Å². The molecular weight excluding hydrogens is 290 g/mol. The van der Waals surface area contributed by atoms with Crippen molar-refractivity contribution in [3.8, 4) is 12.3 Å². The Kier molecular flexibility index (Phi) is 6.15. The van der Waals surface area contributed by atoms with Crippen molar-refractivity contribution in [1.82, 2.24) is 4.31 Å². The summed E-state index contributed by atoms with van der Waals surface area (Å²) in [6, 6.07) is 6.48. The highest BCUT2D eigenvalue weighted by atomic mass is 32.2. The van der Waals surface area contributed by atoms with E-state index >= 15 is 0 Å². The quantitative estimate of drug-likeness (QED) is 0.452. The molecule has 0 aromatic heterocycles. The average Bonchev–Trinajstić information content (AvgIpc) is 2.46. The summed E-state index contributed by atoms with van der Waals surface area (Å²) in [7, 11) is -2.45. The maximum absolute atomic E-state index is 12.5. The van der Waals surface area contributed by atoms with Crippen LogP contribution in [0.3, 0.4) is 0 Å². The lowest BCUT2D eigenvalue weighted by molar-refractivity contribution is -0.134. The van der Waals surface area contributed by atoms with Gasteiger partial charge >= 0.3 is 5.97 Å². The summed E-state index contributed by atoms with van der Waals surface area (Å²) in [5, 5.41) is 0. The molecule has 0 N–H and O–H groups in total. The van der Waals surface area contributed by atoms with Gasteiger partial charge in [0.15, 0.2) is 0 Å². The van der Waals surface area contributed by atoms with Gasteiger partial charge in [-0.2, -0.15) is 4.31 Å². The molecule has 0 spiro atoms. The first-order chi connectivity index (χ1) is 9.91. The van der Waals surface area contributed by atoms with Crippen molar-refractivity contribution in [1.29, 1.82) is 0 Å². The first-order valence-electron chi connectivity index (χ1n) is 6.16. The molecular formula is C15H17NO4S. The van der Waals surface area contributed by atoms with Gasteiger partial charge in [0.2, 0.25) is 10.0 Å². The van der Waals surface area contributed by atoms with Crippen molar-refractivity contribution in [3.63, 3.8) is 0 Å². The topological polar surface area (TPSA) is 63.7 Å². The predicted octanol–water partition coefficient (Wildman–Crippen LogP) is 1.35. The third-order valence-electron chi connectivity index (χ3n) is 2.69. The molecule has 0 saturated heterocycles. The minimum absolute atomic E-state index is 0.00445. The van der Waals surface area contributed by atoms with E-state index in [1.807, 2.05) is 6.92 Å². The zero-order valence-corrected chi connectivity index (χ0v) is 12.8. The van der Waals surface area contributed by atoms with Gasteiger partial charge in [0.25, 0.3) is 0 Å². The Bertz CT molecular complexity index is 654. The molecule has 0 unspecified atom stereocenters. The number of carbonyl (C=O) groups excluding carboxylic acids is 1. The molecule has 1 aromatic carbocycles. The number of hydrogen-bond donors (Lipinski definition) is 0. The number of methoxy groups -OCH3 is 1. The van der Waals surface area contributed by atoms with Gasteiger partial charge in [-0.05, 0) is 19.1 Å². The van der Waals surface area contributed by atoms with Crippen LogP contribution >= 0.6 is 0 Å². The van der Waals surface area contributed by atoms with Crippen molar-refractivity contribution in [2.45, 2.75) is 11.8 Å². The average molecular weight is 307 g/mol. The van der Waals surface area contributed by atoms with Crippen LogP contribution in [0.25, 0.3) is 0 Å². The van der Waals surface area contributed by atoms with Crippen LogP contribution in [-0.4, -0.2) is 38.9 Å². The number of ether oxygens (including phenoxy) is 1. The van der Waals surface area contributed by atoms with Crippen LogP contribution in [0.15, 0.2) is 41.3 Å². The first kappa shape index (κ1) is 17.0. The number of nitrogens with zero attached hydrogens (tertiary/aromatic N) is 1. The second-order valence-electron chi connectivity index (χ2n) is 4.24. The van der Waals surface area contributed by atoms with E-state index < -0.39 is 16.0 Å². The number of terminal acetylenes is 1. The van der Waals surface area contributed by atoms with Crippen molar-refractivity contribution in [2.24, 2.45) is 0 Å². The Balaban J connectivity index is 2.98. The van der Waals surface area contributed by atoms with Crippen LogP contribution in [0.1, 0.15) is 5.56 Å². The van der Waals surface area contributed by atoms with Gasteiger partial charge in [0.1, 0.15) is 0 Å². The lowest BCUT2D eigenvalue weighted by atomic mass is 10.2. The molecule has 5 nitrogen and oxygen atoms in total. The van der Waals surface area contributed by atoms with Gasteiger partial charge in [-0.15, -0.1) is 6.42 Å². The molecule has 0 fully saturated rings. The van der Waals surface area contributed by atoms with Crippen LogP contribution in [0.5, 0.6) is 0 Å². The van der Waals surface area contributed by atoms with E-state index in [2.05, 4.69) is 10.7 Å². The summed E-state index contributed by atoms with van der Waals surface area (Å²) in [5.41, 5.74) is 0.961. The van der Waals surface area contributed by atoms with Crippen molar-refractivity contribution < 1.29 is 17.9 Å². The summed E-state index contributed by atoms with van der Waals surface area (Å²) in [4.78, 5) is 11.2. The number of benzene rings is 1. The first-order valence-corrected chi connectivity index (χ1v) is 7.60. The van der Waals surface area contributed by atoms with E-state index in [4.69, 9.17) is 6.42 Å². The molecule has 0 amide bonds. The highest BCUT2D eigenvalue weighted by Crippen LogP contribution is 2.16. The molecule has 0 aliphatic rings.